The van der Waals surface area contributed by atoms with Gasteiger partial charge in [0.2, 0.25) is 5.91 Å². The topological polar surface area (TPSA) is 64.4 Å². The number of nitrogens with one attached hydrogen (secondary N) is 1. The number of ether oxygens (including phenoxy) is 1. The first-order valence-electron chi connectivity index (χ1n) is 7.23. The lowest BCUT2D eigenvalue weighted by molar-refractivity contribution is -0.121. The quantitative estimate of drug-likeness (QED) is 0.847. The molecule has 22 heavy (non-hydrogen) atoms. The lowest BCUT2D eigenvalue weighted by Crippen LogP contribution is -2.44. The van der Waals surface area contributed by atoms with Crippen LogP contribution < -0.4 is 5.32 Å². The van der Waals surface area contributed by atoms with Crippen molar-refractivity contribution in [3.63, 3.8) is 0 Å². The first-order valence-corrected chi connectivity index (χ1v) is 8.38. The Kier molecular flexibility index (Phi) is 5.13. The molecule has 6 heteroatoms. The molecule has 1 aliphatic heterocycles. The molecule has 0 spiro atoms. The lowest BCUT2D eigenvalue weighted by Gasteiger charge is -2.25. The molecule has 2 heterocycles. The van der Waals surface area contributed by atoms with E-state index in [-0.39, 0.29) is 12.3 Å². The number of rotatable bonds is 7. The SMILES string of the molecule is O=C(Cc1cc(COCc2ccccc2)on1)NC1CSC1. The standard InChI is InChI=1S/C16H18N2O3S/c19-16(17-14-10-22-11-14)7-13-6-15(21-18-13)9-20-8-12-4-2-1-3-5-12/h1-6,14H,7-11H2,(H,17,19). The molecule has 0 saturated carbocycles. The maximum absolute atomic E-state index is 11.8. The largest absolute Gasteiger partial charge is 0.369 e. The minimum absolute atomic E-state index is 0.00430. The van der Waals surface area contributed by atoms with Gasteiger partial charge in [-0.3, -0.25) is 4.79 Å². The first-order chi connectivity index (χ1) is 10.8. The number of carbonyl (C=O) groups excluding carboxylic acids is 1. The van der Waals surface area contributed by atoms with Crippen LogP contribution in [0.4, 0.5) is 0 Å². The minimum Gasteiger partial charge on any atom is -0.369 e. The summed E-state index contributed by atoms with van der Waals surface area (Å²) in [5, 5.41) is 6.88. The predicted molar refractivity (Wildman–Crippen MR) is 84.4 cm³/mol. The average molecular weight is 318 g/mol. The monoisotopic (exact) mass is 318 g/mol. The number of amides is 1. The van der Waals surface area contributed by atoms with Gasteiger partial charge in [-0.2, -0.15) is 11.8 Å². The Hall–Kier alpha value is -1.79. The molecule has 116 valence electrons. The summed E-state index contributed by atoms with van der Waals surface area (Å²) in [7, 11) is 0. The Labute approximate surface area is 133 Å². The summed E-state index contributed by atoms with van der Waals surface area (Å²) >= 11 is 1.84. The Morgan fingerprint density at radius 2 is 2.14 bits per heavy atom. The van der Waals surface area contributed by atoms with Gasteiger partial charge in [0.15, 0.2) is 5.76 Å². The van der Waals surface area contributed by atoms with Gasteiger partial charge in [0.25, 0.3) is 0 Å². The number of hydrogen-bond acceptors (Lipinski definition) is 5. The second-order valence-electron chi connectivity index (χ2n) is 5.24. The maximum atomic E-state index is 11.8. The van der Waals surface area contributed by atoms with Crippen molar-refractivity contribution >= 4 is 17.7 Å². The number of thioether (sulfide) groups is 1. The van der Waals surface area contributed by atoms with Crippen LogP contribution in [0.2, 0.25) is 0 Å². The van der Waals surface area contributed by atoms with Crippen molar-refractivity contribution in [3.8, 4) is 0 Å². The second-order valence-corrected chi connectivity index (χ2v) is 6.32. The van der Waals surface area contributed by atoms with Crippen molar-refractivity contribution in [1.29, 1.82) is 0 Å². The van der Waals surface area contributed by atoms with Gasteiger partial charge in [0.1, 0.15) is 6.61 Å². The van der Waals surface area contributed by atoms with E-state index in [0.717, 1.165) is 17.1 Å². The zero-order valence-corrected chi connectivity index (χ0v) is 13.0. The molecule has 1 amide bonds. The minimum atomic E-state index is -0.00430. The van der Waals surface area contributed by atoms with E-state index in [4.69, 9.17) is 9.26 Å². The number of hydrogen-bond donors (Lipinski definition) is 1. The Morgan fingerprint density at radius 3 is 2.86 bits per heavy atom. The van der Waals surface area contributed by atoms with Crippen molar-refractivity contribution in [2.45, 2.75) is 25.7 Å². The first kappa shape index (κ1) is 15.1. The van der Waals surface area contributed by atoms with E-state index in [1.807, 2.05) is 42.1 Å². The average Bonchev–Trinajstić information content (AvgIpc) is 2.92. The molecule has 3 rings (SSSR count). The summed E-state index contributed by atoms with van der Waals surface area (Å²) in [5.74, 6) is 2.64. The molecule has 0 aliphatic carbocycles. The molecule has 1 N–H and O–H groups in total. The lowest BCUT2D eigenvalue weighted by atomic mass is 10.2. The highest BCUT2D eigenvalue weighted by Gasteiger charge is 2.20. The van der Waals surface area contributed by atoms with Gasteiger partial charge >= 0.3 is 0 Å². The molecule has 0 bridgehead atoms. The predicted octanol–water partition coefficient (Wildman–Crippen LogP) is 2.17. The van der Waals surface area contributed by atoms with Crippen molar-refractivity contribution in [3.05, 3.63) is 53.4 Å². The van der Waals surface area contributed by atoms with Crippen molar-refractivity contribution < 1.29 is 14.1 Å². The maximum Gasteiger partial charge on any atom is 0.226 e. The number of aromatic nitrogens is 1. The highest BCUT2D eigenvalue weighted by Crippen LogP contribution is 2.17. The van der Waals surface area contributed by atoms with Crippen LogP contribution in [0.1, 0.15) is 17.0 Å². The van der Waals surface area contributed by atoms with Crippen LogP contribution in [-0.2, 0) is 29.2 Å². The van der Waals surface area contributed by atoms with Crippen LogP contribution in [0.3, 0.4) is 0 Å². The van der Waals surface area contributed by atoms with Gasteiger partial charge in [0, 0.05) is 23.6 Å². The summed E-state index contributed by atoms with van der Waals surface area (Å²) in [6.45, 7) is 0.874. The normalized spacial score (nSPS) is 14.5. The third-order valence-corrected chi connectivity index (χ3v) is 4.58. The van der Waals surface area contributed by atoms with Crippen molar-refractivity contribution in [2.75, 3.05) is 11.5 Å². The molecule has 1 aromatic carbocycles. The van der Waals surface area contributed by atoms with Crippen LogP contribution in [-0.4, -0.2) is 28.6 Å². The van der Waals surface area contributed by atoms with E-state index >= 15 is 0 Å². The Morgan fingerprint density at radius 1 is 1.32 bits per heavy atom. The Bertz CT molecular complexity index is 611. The van der Waals surface area contributed by atoms with E-state index in [1.54, 1.807) is 6.07 Å². The second kappa shape index (κ2) is 7.47. The van der Waals surface area contributed by atoms with Crippen LogP contribution in [0, 0.1) is 0 Å². The zero-order chi connectivity index (χ0) is 15.2. The summed E-state index contributed by atoms with van der Waals surface area (Å²) in [5.41, 5.74) is 1.75. The van der Waals surface area contributed by atoms with Crippen LogP contribution in [0.15, 0.2) is 40.9 Å². The van der Waals surface area contributed by atoms with Gasteiger partial charge in [-0.1, -0.05) is 35.5 Å². The highest BCUT2D eigenvalue weighted by molar-refractivity contribution is 8.00. The highest BCUT2D eigenvalue weighted by atomic mass is 32.2. The number of nitrogens with zero attached hydrogens (tertiary/aromatic N) is 1. The van der Waals surface area contributed by atoms with E-state index in [2.05, 4.69) is 10.5 Å². The molecule has 0 atom stereocenters. The molecule has 1 saturated heterocycles. The van der Waals surface area contributed by atoms with Gasteiger partial charge < -0.3 is 14.6 Å². The summed E-state index contributed by atoms with van der Waals surface area (Å²) in [6.07, 6.45) is 0.253. The van der Waals surface area contributed by atoms with Crippen molar-refractivity contribution in [1.82, 2.24) is 10.5 Å². The Balaban J connectivity index is 1.41. The fraction of sp³-hybridized carbons (Fsp3) is 0.375. The fourth-order valence-electron chi connectivity index (χ4n) is 2.11. The van der Waals surface area contributed by atoms with E-state index < -0.39 is 0 Å². The summed E-state index contributed by atoms with van der Waals surface area (Å²) in [6, 6.07) is 12.0. The molecule has 2 aromatic rings. The van der Waals surface area contributed by atoms with Gasteiger partial charge in [0.05, 0.1) is 18.7 Å². The smallest absolute Gasteiger partial charge is 0.226 e. The van der Waals surface area contributed by atoms with Crippen LogP contribution in [0.25, 0.3) is 0 Å². The number of carbonyl (C=O) groups is 1. The van der Waals surface area contributed by atoms with E-state index in [9.17, 15) is 4.79 Å². The van der Waals surface area contributed by atoms with Gasteiger partial charge in [-0.05, 0) is 5.56 Å². The molecule has 0 unspecified atom stereocenters. The van der Waals surface area contributed by atoms with Crippen molar-refractivity contribution in [2.24, 2.45) is 0 Å². The summed E-state index contributed by atoms with van der Waals surface area (Å²) < 4.78 is 10.8. The van der Waals surface area contributed by atoms with E-state index in [0.29, 0.717) is 30.7 Å². The van der Waals surface area contributed by atoms with Gasteiger partial charge in [-0.15, -0.1) is 0 Å². The molecule has 0 radical (unpaired) electrons. The van der Waals surface area contributed by atoms with Crippen LogP contribution >= 0.6 is 11.8 Å². The molecular formula is C16H18N2O3S. The molecule has 5 nitrogen and oxygen atoms in total. The zero-order valence-electron chi connectivity index (χ0n) is 12.2. The summed E-state index contributed by atoms with van der Waals surface area (Å²) in [4.78, 5) is 11.8. The molecule has 1 aromatic heterocycles. The third-order valence-electron chi connectivity index (χ3n) is 3.31. The molecule has 1 fully saturated rings. The molecular weight excluding hydrogens is 300 g/mol. The molecule has 1 aliphatic rings. The van der Waals surface area contributed by atoms with Gasteiger partial charge in [-0.25, -0.2) is 0 Å². The third kappa shape index (κ3) is 4.35. The fourth-order valence-corrected chi connectivity index (χ4v) is 2.75. The van der Waals surface area contributed by atoms with Crippen LogP contribution in [0.5, 0.6) is 0 Å². The van der Waals surface area contributed by atoms with E-state index in [1.165, 1.54) is 0 Å². The number of benzene rings is 1.